The van der Waals surface area contributed by atoms with Gasteiger partial charge in [0.05, 0.1) is 19.3 Å². The number of anilines is 1. The van der Waals surface area contributed by atoms with E-state index in [-0.39, 0.29) is 23.4 Å². The molecule has 6 nitrogen and oxygen atoms in total. The molecule has 1 aromatic heterocycles. The second kappa shape index (κ2) is 9.13. The van der Waals surface area contributed by atoms with Crippen molar-refractivity contribution in [1.82, 2.24) is 0 Å². The molecule has 0 saturated carbocycles. The van der Waals surface area contributed by atoms with Crippen LogP contribution in [0.1, 0.15) is 48.8 Å². The molecule has 30 heavy (non-hydrogen) atoms. The van der Waals surface area contributed by atoms with Crippen molar-refractivity contribution in [2.75, 3.05) is 19.0 Å². The zero-order chi connectivity index (χ0) is 21.8. The van der Waals surface area contributed by atoms with Gasteiger partial charge in [-0.2, -0.15) is 0 Å². The topological polar surface area (TPSA) is 77.8 Å². The van der Waals surface area contributed by atoms with Crippen molar-refractivity contribution in [3.05, 3.63) is 74.2 Å². The highest BCUT2D eigenvalue weighted by Crippen LogP contribution is 2.35. The molecule has 6 heteroatoms. The number of nitrogens with one attached hydrogen (secondary N) is 1. The number of methoxy groups -OCH3 is 1. The summed E-state index contributed by atoms with van der Waals surface area (Å²) in [6, 6.07) is 7.66. The number of hydrogen-bond donors (Lipinski definition) is 1. The highest BCUT2D eigenvalue weighted by Gasteiger charge is 2.28. The van der Waals surface area contributed by atoms with Crippen molar-refractivity contribution in [2.45, 2.75) is 40.2 Å². The van der Waals surface area contributed by atoms with E-state index in [1.165, 1.54) is 14.0 Å². The number of hydrogen-bond acceptors (Lipinski definition) is 5. The van der Waals surface area contributed by atoms with Crippen molar-refractivity contribution >= 4 is 17.7 Å². The molecule has 3 rings (SSSR count). The normalized spacial score (nSPS) is 18.0. The fraction of sp³-hybridized carbons (Fsp3) is 0.333. The van der Waals surface area contributed by atoms with E-state index >= 15 is 0 Å². The summed E-state index contributed by atoms with van der Waals surface area (Å²) in [5.41, 5.74) is 4.98. The highest BCUT2D eigenvalue weighted by molar-refractivity contribution is 5.88. The van der Waals surface area contributed by atoms with Crippen molar-refractivity contribution in [3.8, 4) is 5.95 Å². The van der Waals surface area contributed by atoms with E-state index < -0.39 is 0 Å². The summed E-state index contributed by atoms with van der Waals surface area (Å²) in [4.78, 5) is 23.5. The predicted octanol–water partition coefficient (Wildman–Crippen LogP) is 4.71. The Morgan fingerprint density at radius 1 is 1.17 bits per heavy atom. The molecular formula is C24H27NO5. The average molecular weight is 409 g/mol. The number of allylic oxidation sites excluding steroid dienone is 2. The van der Waals surface area contributed by atoms with Gasteiger partial charge in [0.25, 0.3) is 5.95 Å². The number of carbonyl (C=O) groups excluding carboxylic acids is 1. The van der Waals surface area contributed by atoms with Gasteiger partial charge in [-0.15, -0.1) is 0 Å². The molecule has 0 bridgehead atoms. The Hall–Kier alpha value is -3.12. The van der Waals surface area contributed by atoms with Crippen molar-refractivity contribution < 1.29 is 18.7 Å². The van der Waals surface area contributed by atoms with Crippen molar-refractivity contribution in [1.29, 1.82) is 0 Å². The summed E-state index contributed by atoms with van der Waals surface area (Å²) in [7, 11) is 1.49. The number of amides is 1. The molecule has 1 saturated heterocycles. The van der Waals surface area contributed by atoms with Crippen LogP contribution >= 0.6 is 0 Å². The van der Waals surface area contributed by atoms with E-state index in [1.807, 2.05) is 31.2 Å². The molecule has 0 aliphatic carbocycles. The minimum absolute atomic E-state index is 0.0760. The zero-order valence-corrected chi connectivity index (χ0v) is 18.0. The van der Waals surface area contributed by atoms with Gasteiger partial charge in [-0.3, -0.25) is 9.59 Å². The van der Waals surface area contributed by atoms with Gasteiger partial charge in [-0.1, -0.05) is 29.9 Å². The van der Waals surface area contributed by atoms with Crippen molar-refractivity contribution in [3.63, 3.8) is 0 Å². The van der Waals surface area contributed by atoms with Crippen LogP contribution in [-0.4, -0.2) is 19.6 Å². The lowest BCUT2D eigenvalue weighted by molar-refractivity contribution is -0.114. The first-order chi connectivity index (χ1) is 14.3. The number of benzene rings is 1. The number of carbonyl (C=O) groups is 1. The van der Waals surface area contributed by atoms with Crippen molar-refractivity contribution in [2.24, 2.45) is 0 Å². The van der Waals surface area contributed by atoms with E-state index in [2.05, 4.69) is 17.5 Å². The molecule has 0 spiro atoms. The molecule has 1 amide bonds. The summed E-state index contributed by atoms with van der Waals surface area (Å²) >= 11 is 0. The summed E-state index contributed by atoms with van der Waals surface area (Å²) in [6.45, 7) is 7.45. The van der Waals surface area contributed by atoms with Gasteiger partial charge in [0, 0.05) is 24.6 Å². The van der Waals surface area contributed by atoms with Crippen LogP contribution < -0.4 is 15.5 Å². The van der Waals surface area contributed by atoms with Crippen LogP contribution in [0.4, 0.5) is 5.69 Å². The van der Waals surface area contributed by atoms with Gasteiger partial charge in [0.15, 0.2) is 5.43 Å². The lowest BCUT2D eigenvalue weighted by atomic mass is 10.0. The maximum absolute atomic E-state index is 12.4. The molecule has 1 aromatic carbocycles. The van der Waals surface area contributed by atoms with Crippen LogP contribution in [0.3, 0.4) is 0 Å². The second-order valence-electron chi connectivity index (χ2n) is 7.53. The molecule has 1 aliphatic heterocycles. The Kier molecular flexibility index (Phi) is 6.57. The zero-order valence-electron chi connectivity index (χ0n) is 18.0. The first-order valence-corrected chi connectivity index (χ1v) is 9.83. The van der Waals surface area contributed by atoms with Crippen LogP contribution in [0.25, 0.3) is 6.08 Å². The van der Waals surface area contributed by atoms with Crippen LogP contribution in [0.2, 0.25) is 0 Å². The Bertz CT molecular complexity index is 1060. The number of rotatable bonds is 5. The Morgan fingerprint density at radius 2 is 1.87 bits per heavy atom. The summed E-state index contributed by atoms with van der Waals surface area (Å²) < 4.78 is 16.9. The van der Waals surface area contributed by atoms with Gasteiger partial charge < -0.3 is 19.2 Å². The fourth-order valence-corrected chi connectivity index (χ4v) is 3.57. The highest BCUT2D eigenvalue weighted by atomic mass is 16.6. The van der Waals surface area contributed by atoms with Gasteiger partial charge in [-0.25, -0.2) is 0 Å². The third-order valence-electron chi connectivity index (χ3n) is 5.01. The largest absolute Gasteiger partial charge is 0.468 e. The van der Waals surface area contributed by atoms with Crippen LogP contribution in [-0.2, 0) is 9.53 Å². The van der Waals surface area contributed by atoms with Gasteiger partial charge in [0.1, 0.15) is 11.9 Å². The van der Waals surface area contributed by atoms with Gasteiger partial charge in [0.2, 0.25) is 5.91 Å². The first-order valence-electron chi connectivity index (χ1n) is 9.83. The SMILES string of the molecule is COc1oc([C@H]2CC(=CC(C)=Cc3ccc(NC(C)=O)cc3)CO2)c(C)c(=O)c1C. The molecule has 1 N–H and O–H groups in total. The van der Waals surface area contributed by atoms with E-state index in [9.17, 15) is 9.59 Å². The molecule has 1 aliphatic rings. The lowest BCUT2D eigenvalue weighted by Gasteiger charge is -2.13. The fourth-order valence-electron chi connectivity index (χ4n) is 3.57. The van der Waals surface area contributed by atoms with Gasteiger partial charge >= 0.3 is 0 Å². The van der Waals surface area contributed by atoms with E-state index in [1.54, 1.807) is 13.8 Å². The molecule has 158 valence electrons. The molecule has 2 aromatic rings. The van der Waals surface area contributed by atoms with Crippen LogP contribution in [0, 0.1) is 13.8 Å². The van der Waals surface area contributed by atoms with Gasteiger partial charge in [-0.05, 0) is 44.0 Å². The second-order valence-corrected chi connectivity index (χ2v) is 7.53. The molecule has 1 fully saturated rings. The standard InChI is InChI=1S/C24H27NO5/c1-14(10-18-6-8-20(9-7-18)25-17(4)26)11-19-12-21(29-13-19)23-15(2)22(27)16(3)24(28-5)30-23/h6-11,21H,12-13H2,1-5H3,(H,25,26)/t21-/m1/s1. The van der Waals surface area contributed by atoms with Crippen LogP contribution in [0.5, 0.6) is 5.95 Å². The van der Waals surface area contributed by atoms with E-state index in [0.29, 0.717) is 29.9 Å². The molecule has 1 atom stereocenters. The lowest BCUT2D eigenvalue weighted by Crippen LogP contribution is -2.15. The molecule has 0 unspecified atom stereocenters. The monoisotopic (exact) mass is 409 g/mol. The quantitative estimate of drug-likeness (QED) is 0.773. The minimum atomic E-state index is -0.303. The Morgan fingerprint density at radius 3 is 2.50 bits per heavy atom. The summed E-state index contributed by atoms with van der Waals surface area (Å²) in [5.74, 6) is 0.675. The maximum Gasteiger partial charge on any atom is 0.291 e. The molecule has 2 heterocycles. The molecular weight excluding hydrogens is 382 g/mol. The first kappa shape index (κ1) is 21.6. The maximum atomic E-state index is 12.4. The minimum Gasteiger partial charge on any atom is -0.468 e. The average Bonchev–Trinajstić information content (AvgIpc) is 3.15. The Balaban J connectivity index is 1.75. The molecule has 0 radical (unpaired) electrons. The Labute approximate surface area is 176 Å². The van der Waals surface area contributed by atoms with E-state index in [4.69, 9.17) is 13.9 Å². The summed E-state index contributed by atoms with van der Waals surface area (Å²) in [6.07, 6.45) is 4.52. The predicted molar refractivity (Wildman–Crippen MR) is 117 cm³/mol. The third-order valence-corrected chi connectivity index (χ3v) is 5.01. The number of ether oxygens (including phenoxy) is 2. The van der Waals surface area contributed by atoms with Crippen LogP contribution in [0.15, 0.2) is 50.7 Å². The van der Waals surface area contributed by atoms with E-state index in [0.717, 1.165) is 22.4 Å². The third kappa shape index (κ3) is 4.89. The smallest absolute Gasteiger partial charge is 0.291 e. The summed E-state index contributed by atoms with van der Waals surface area (Å²) in [5, 5.41) is 2.76.